The highest BCUT2D eigenvalue weighted by Crippen LogP contribution is 2.05. The van der Waals surface area contributed by atoms with E-state index in [0.717, 1.165) is 10.8 Å². The Balaban J connectivity index is 1.45. The molecule has 2 aromatic carbocycles. The number of aliphatic carboxylic acids is 1. The molecule has 0 spiro atoms. The third-order valence-electron chi connectivity index (χ3n) is 7.38. The number of anilines is 1. The van der Waals surface area contributed by atoms with Gasteiger partial charge in [0.15, 0.2) is 0 Å². The number of carbonyl (C=O) groups excluding carboxylic acids is 2. The van der Waals surface area contributed by atoms with Crippen molar-refractivity contribution in [2.75, 3.05) is 5.73 Å². The summed E-state index contributed by atoms with van der Waals surface area (Å²) >= 11 is 0. The first-order valence-electron chi connectivity index (χ1n) is 14.2. The van der Waals surface area contributed by atoms with Crippen molar-refractivity contribution in [3.63, 3.8) is 0 Å². The van der Waals surface area contributed by atoms with Gasteiger partial charge in [-0.1, -0.05) is 24.3 Å². The molecule has 0 unspecified atom stereocenters. The molecule has 2 amide bonds. The third-order valence-corrected chi connectivity index (χ3v) is 7.38. The Kier molecular flexibility index (Phi) is 9.13. The molecule has 0 aliphatic rings. The average molecular weight is 661 g/mol. The number of carboxylic acid groups (broad SMARTS) is 1. The first kappa shape index (κ1) is 32.8. The number of nitrogens with one attached hydrogen (secondary N) is 4. The van der Waals surface area contributed by atoms with Crippen LogP contribution in [0.1, 0.15) is 0 Å². The van der Waals surface area contributed by atoms with Crippen LogP contribution in [0.5, 0.6) is 0 Å². The van der Waals surface area contributed by atoms with Gasteiger partial charge in [-0.3, -0.25) is 32.9 Å². The molecule has 0 aliphatic carbocycles. The molecule has 3 atom stereocenters. The molecule has 0 saturated heterocycles. The summed E-state index contributed by atoms with van der Waals surface area (Å²) < 4.78 is 2.19. The Morgan fingerprint density at radius 2 is 1.27 bits per heavy atom. The molecule has 0 bridgehead atoms. The minimum absolute atomic E-state index is 0.0767. The average Bonchev–Trinajstić information content (AvgIpc) is 3.04. The van der Waals surface area contributed by atoms with Gasteiger partial charge in [0, 0.05) is 6.20 Å². The third kappa shape index (κ3) is 6.79. The number of carbonyl (C=O) groups is 3. The van der Waals surface area contributed by atoms with Gasteiger partial charge in [-0.2, -0.15) is 4.98 Å². The zero-order valence-electron chi connectivity index (χ0n) is 24.8. The predicted molar refractivity (Wildman–Crippen MR) is 170 cm³/mol. The van der Waals surface area contributed by atoms with Gasteiger partial charge in [0.05, 0.1) is 41.4 Å². The lowest BCUT2D eigenvalue weighted by Crippen LogP contribution is -2.59. The smallest absolute Gasteiger partial charge is 0.349 e. The second-order valence-electron chi connectivity index (χ2n) is 10.6. The number of nitrogens with two attached hydrogens (primary N) is 2. The van der Waals surface area contributed by atoms with E-state index in [-0.39, 0.29) is 27.6 Å². The van der Waals surface area contributed by atoms with E-state index in [4.69, 9.17) is 11.5 Å². The summed E-state index contributed by atoms with van der Waals surface area (Å²) in [6.07, 6.45) is 1.16. The molecule has 0 radical (unpaired) electrons. The molecular weight excluding hydrogens is 632 g/mol. The number of nitrogen functional groups attached to an aromatic ring is 1. The van der Waals surface area contributed by atoms with Crippen LogP contribution in [0.25, 0.3) is 21.8 Å². The molecular formula is C29H28N10O9. The lowest BCUT2D eigenvalue weighted by Gasteiger charge is -2.23. The molecule has 19 heteroatoms. The van der Waals surface area contributed by atoms with Gasteiger partial charge in [-0.25, -0.2) is 19.2 Å². The number of aromatic nitrogens is 6. The second kappa shape index (κ2) is 13.4. The fraction of sp³-hybridized carbons (Fsp3) is 0.207. The summed E-state index contributed by atoms with van der Waals surface area (Å²) in [5.41, 5.74) is 7.71. The summed E-state index contributed by atoms with van der Waals surface area (Å²) in [4.78, 5) is 111. The summed E-state index contributed by atoms with van der Waals surface area (Å²) in [7, 11) is 0. The van der Waals surface area contributed by atoms with Crippen molar-refractivity contribution in [3.8, 4) is 0 Å². The van der Waals surface area contributed by atoms with Gasteiger partial charge < -0.3 is 37.2 Å². The van der Waals surface area contributed by atoms with Gasteiger partial charge in [0.1, 0.15) is 23.9 Å². The molecule has 3 aromatic heterocycles. The summed E-state index contributed by atoms with van der Waals surface area (Å²) in [5, 5.41) is 14.5. The van der Waals surface area contributed by atoms with Crippen LogP contribution >= 0.6 is 0 Å². The summed E-state index contributed by atoms with van der Waals surface area (Å²) in [6, 6.07) is 8.22. The van der Waals surface area contributed by atoms with Crippen molar-refractivity contribution in [1.82, 2.24) is 39.3 Å². The van der Waals surface area contributed by atoms with Crippen molar-refractivity contribution in [1.29, 1.82) is 0 Å². The number of hydrogen-bond acceptors (Lipinski definition) is 11. The SMILES string of the molecule is Nc1ccn(C[C@@H](NC(=O)[C@@H](Cn2c(=O)[nH]c3ccccc3c2=O)NC(=O)[C@H](N)Cn2c(=O)[nH]c3ccccc3c2=O)C(=O)O)c(=O)n1. The van der Waals surface area contributed by atoms with Crippen LogP contribution in [0, 0.1) is 0 Å². The van der Waals surface area contributed by atoms with Gasteiger partial charge in [0.2, 0.25) is 11.8 Å². The van der Waals surface area contributed by atoms with Crippen LogP contribution < -0.4 is 50.3 Å². The maximum absolute atomic E-state index is 13.6. The van der Waals surface area contributed by atoms with Crippen LogP contribution in [0.2, 0.25) is 0 Å². The monoisotopic (exact) mass is 660 g/mol. The van der Waals surface area contributed by atoms with Crippen molar-refractivity contribution in [2.45, 2.75) is 37.8 Å². The first-order chi connectivity index (χ1) is 22.8. The predicted octanol–water partition coefficient (Wildman–Crippen LogP) is -3.39. The molecule has 0 aliphatic heterocycles. The fourth-order valence-corrected chi connectivity index (χ4v) is 4.90. The molecule has 0 fully saturated rings. The fourth-order valence-electron chi connectivity index (χ4n) is 4.90. The second-order valence-corrected chi connectivity index (χ2v) is 10.6. The highest BCUT2D eigenvalue weighted by molar-refractivity contribution is 5.91. The Morgan fingerprint density at radius 1 is 0.750 bits per heavy atom. The number of carboxylic acids is 1. The number of nitrogens with zero attached hydrogens (tertiary/aromatic N) is 4. The number of rotatable bonds is 11. The largest absolute Gasteiger partial charge is 0.480 e. The zero-order chi connectivity index (χ0) is 34.7. The minimum Gasteiger partial charge on any atom is -0.480 e. The molecule has 5 aromatic rings. The van der Waals surface area contributed by atoms with E-state index in [1.54, 1.807) is 24.3 Å². The highest BCUT2D eigenvalue weighted by Gasteiger charge is 2.30. The maximum atomic E-state index is 13.6. The Bertz CT molecular complexity index is 2370. The van der Waals surface area contributed by atoms with Crippen LogP contribution in [-0.2, 0) is 34.0 Å². The van der Waals surface area contributed by atoms with Crippen molar-refractivity contribution >= 4 is 45.4 Å². The summed E-state index contributed by atoms with van der Waals surface area (Å²) in [6.45, 7) is -2.05. The van der Waals surface area contributed by atoms with Crippen molar-refractivity contribution in [3.05, 3.63) is 113 Å². The van der Waals surface area contributed by atoms with Crippen LogP contribution in [-0.4, -0.2) is 69.7 Å². The first-order valence-corrected chi connectivity index (χ1v) is 14.2. The van der Waals surface area contributed by atoms with E-state index >= 15 is 0 Å². The Hall–Kier alpha value is -6.63. The van der Waals surface area contributed by atoms with E-state index in [9.17, 15) is 43.5 Å². The molecule has 248 valence electrons. The van der Waals surface area contributed by atoms with Gasteiger partial charge in [-0.15, -0.1) is 0 Å². The summed E-state index contributed by atoms with van der Waals surface area (Å²) in [5.74, 6) is -3.97. The topological polar surface area (TPSA) is 292 Å². The lowest BCUT2D eigenvalue weighted by atomic mass is 10.2. The van der Waals surface area contributed by atoms with Crippen LogP contribution in [0.4, 0.5) is 5.82 Å². The molecule has 5 rings (SSSR count). The highest BCUT2D eigenvalue weighted by atomic mass is 16.4. The lowest BCUT2D eigenvalue weighted by molar-refractivity contribution is -0.142. The standard InChI is InChI=1S/C29H28N10O9/c30-16(11-38-24(42)14-5-1-3-7-17(14)34-28(38)47)22(40)32-19(13-39-25(43)15-6-2-4-8-18(15)35-29(39)48)23(41)33-20(26(44)45)12-37-10-9-21(31)36-27(37)46/h1-10,16,19-20H,11-13,30H2,(H,32,40)(H,33,41)(H,34,47)(H,35,48)(H,44,45)(H2,31,36,46)/t16-,19-,20-/m1/s1. The van der Waals surface area contributed by atoms with E-state index in [0.29, 0.717) is 9.13 Å². The molecule has 48 heavy (non-hydrogen) atoms. The number of para-hydroxylation sites is 2. The van der Waals surface area contributed by atoms with Crippen molar-refractivity contribution < 1.29 is 19.5 Å². The molecule has 9 N–H and O–H groups in total. The van der Waals surface area contributed by atoms with Crippen LogP contribution in [0.15, 0.2) is 84.8 Å². The number of fused-ring (bicyclic) bond motifs is 2. The number of benzene rings is 2. The normalized spacial score (nSPS) is 13.1. The van der Waals surface area contributed by atoms with Crippen LogP contribution in [0.3, 0.4) is 0 Å². The van der Waals surface area contributed by atoms with E-state index in [2.05, 4.69) is 25.6 Å². The molecule has 0 saturated carbocycles. The zero-order valence-corrected chi connectivity index (χ0v) is 24.8. The number of aromatic amines is 2. The van der Waals surface area contributed by atoms with Gasteiger partial charge >= 0.3 is 23.0 Å². The number of amides is 2. The number of hydrogen-bond donors (Lipinski definition) is 7. The van der Waals surface area contributed by atoms with Crippen molar-refractivity contribution in [2.24, 2.45) is 5.73 Å². The van der Waals surface area contributed by atoms with E-state index < -0.39 is 83.7 Å². The Morgan fingerprint density at radius 3 is 1.81 bits per heavy atom. The molecule has 19 nitrogen and oxygen atoms in total. The molecule has 3 heterocycles. The Labute approximate surface area is 266 Å². The van der Waals surface area contributed by atoms with E-state index in [1.165, 1.54) is 30.3 Å². The van der Waals surface area contributed by atoms with Gasteiger partial charge in [-0.05, 0) is 30.3 Å². The number of H-pyrrole nitrogens is 2. The van der Waals surface area contributed by atoms with E-state index in [1.807, 2.05) is 0 Å². The quantitative estimate of drug-likeness (QED) is 0.0730. The van der Waals surface area contributed by atoms with Gasteiger partial charge in [0.25, 0.3) is 11.1 Å². The minimum atomic E-state index is -1.81. The maximum Gasteiger partial charge on any atom is 0.349 e.